The standard InChI is InChI=1S/C23H15FN2S/c24-19-13-11-16(12-14-19)20-15-27-23-25-21(17-7-3-1-4-8-17)22(26(20)23)18-9-5-2-6-10-18/h1-15H. The van der Waals surface area contributed by atoms with E-state index in [-0.39, 0.29) is 5.82 Å². The number of nitrogens with zero attached hydrogens (tertiary/aromatic N) is 2. The summed E-state index contributed by atoms with van der Waals surface area (Å²) >= 11 is 1.60. The lowest BCUT2D eigenvalue weighted by Gasteiger charge is -2.08. The first-order valence-electron chi connectivity index (χ1n) is 8.68. The van der Waals surface area contributed by atoms with Crippen molar-refractivity contribution >= 4 is 16.3 Å². The zero-order valence-corrected chi connectivity index (χ0v) is 15.2. The van der Waals surface area contributed by atoms with E-state index >= 15 is 0 Å². The van der Waals surface area contributed by atoms with Crippen molar-refractivity contribution in [2.75, 3.05) is 0 Å². The lowest BCUT2D eigenvalue weighted by Crippen LogP contribution is -1.91. The molecule has 0 aliphatic heterocycles. The van der Waals surface area contributed by atoms with Crippen LogP contribution < -0.4 is 0 Å². The van der Waals surface area contributed by atoms with Crippen LogP contribution in [0.4, 0.5) is 4.39 Å². The maximum absolute atomic E-state index is 13.4. The molecule has 0 saturated heterocycles. The van der Waals surface area contributed by atoms with Gasteiger partial charge in [-0.3, -0.25) is 4.40 Å². The molecule has 0 amide bonds. The Labute approximate surface area is 160 Å². The largest absolute Gasteiger partial charge is 0.282 e. The summed E-state index contributed by atoms with van der Waals surface area (Å²) in [6.07, 6.45) is 0. The van der Waals surface area contributed by atoms with E-state index in [2.05, 4.69) is 34.0 Å². The summed E-state index contributed by atoms with van der Waals surface area (Å²) in [6, 6.07) is 27.1. The third kappa shape index (κ3) is 2.75. The molecule has 0 aliphatic rings. The summed E-state index contributed by atoms with van der Waals surface area (Å²) in [5.41, 5.74) is 6.18. The zero-order valence-electron chi connectivity index (χ0n) is 14.3. The van der Waals surface area contributed by atoms with Crippen LogP contribution in [0.25, 0.3) is 38.7 Å². The van der Waals surface area contributed by atoms with Gasteiger partial charge in [-0.05, 0) is 29.8 Å². The number of fused-ring (bicyclic) bond motifs is 1. The summed E-state index contributed by atoms with van der Waals surface area (Å²) < 4.78 is 15.6. The van der Waals surface area contributed by atoms with Gasteiger partial charge >= 0.3 is 0 Å². The molecule has 0 atom stereocenters. The Kier molecular flexibility index (Phi) is 3.84. The molecule has 4 heteroatoms. The Morgan fingerprint density at radius 1 is 0.704 bits per heavy atom. The molecule has 0 bridgehead atoms. The number of hydrogen-bond acceptors (Lipinski definition) is 2. The lowest BCUT2D eigenvalue weighted by atomic mass is 10.0. The number of aromatic nitrogens is 2. The van der Waals surface area contributed by atoms with Gasteiger partial charge in [0.05, 0.1) is 17.1 Å². The molecular formula is C23H15FN2S. The van der Waals surface area contributed by atoms with E-state index < -0.39 is 0 Å². The maximum atomic E-state index is 13.4. The van der Waals surface area contributed by atoms with Gasteiger partial charge in [0, 0.05) is 16.5 Å². The Bertz CT molecular complexity index is 1210. The van der Waals surface area contributed by atoms with E-state index in [0.29, 0.717) is 0 Å². The number of rotatable bonds is 3. The Hall–Kier alpha value is -3.24. The maximum Gasteiger partial charge on any atom is 0.195 e. The van der Waals surface area contributed by atoms with E-state index in [0.717, 1.165) is 38.7 Å². The Balaban J connectivity index is 1.83. The summed E-state index contributed by atoms with van der Waals surface area (Å²) in [4.78, 5) is 5.85. The minimum Gasteiger partial charge on any atom is -0.282 e. The van der Waals surface area contributed by atoms with Crippen molar-refractivity contribution in [1.29, 1.82) is 0 Å². The third-order valence-corrected chi connectivity index (χ3v) is 5.42. The van der Waals surface area contributed by atoms with E-state index in [1.54, 1.807) is 11.3 Å². The number of thiazole rings is 1. The van der Waals surface area contributed by atoms with Gasteiger partial charge in [0.1, 0.15) is 5.82 Å². The molecule has 0 saturated carbocycles. The summed E-state index contributed by atoms with van der Waals surface area (Å²) in [7, 11) is 0. The van der Waals surface area contributed by atoms with E-state index in [1.165, 1.54) is 12.1 Å². The van der Waals surface area contributed by atoms with Crippen LogP contribution in [-0.2, 0) is 0 Å². The molecule has 2 heterocycles. The van der Waals surface area contributed by atoms with Gasteiger partial charge in [-0.25, -0.2) is 9.37 Å². The molecule has 0 spiro atoms. The second-order valence-electron chi connectivity index (χ2n) is 6.29. The second kappa shape index (κ2) is 6.49. The second-order valence-corrected chi connectivity index (χ2v) is 7.12. The molecule has 0 aliphatic carbocycles. The SMILES string of the molecule is Fc1ccc(-c2csc3nc(-c4ccccc4)c(-c4ccccc4)n23)cc1. The molecular weight excluding hydrogens is 355 g/mol. The predicted molar refractivity (Wildman–Crippen MR) is 109 cm³/mol. The number of halogens is 1. The third-order valence-electron chi connectivity index (χ3n) is 4.60. The van der Waals surface area contributed by atoms with Gasteiger partial charge in [-0.2, -0.15) is 0 Å². The molecule has 3 aromatic carbocycles. The van der Waals surface area contributed by atoms with Gasteiger partial charge in [0.25, 0.3) is 0 Å². The summed E-state index contributed by atoms with van der Waals surface area (Å²) in [6.45, 7) is 0. The van der Waals surface area contributed by atoms with Crippen molar-refractivity contribution in [2.45, 2.75) is 0 Å². The van der Waals surface area contributed by atoms with Crippen molar-refractivity contribution < 1.29 is 4.39 Å². The average Bonchev–Trinajstić information content (AvgIpc) is 3.29. The van der Waals surface area contributed by atoms with Crippen molar-refractivity contribution in [1.82, 2.24) is 9.38 Å². The van der Waals surface area contributed by atoms with Crippen molar-refractivity contribution in [2.24, 2.45) is 0 Å². The highest BCUT2D eigenvalue weighted by atomic mass is 32.1. The number of imidazole rings is 1. The van der Waals surface area contributed by atoms with Gasteiger partial charge < -0.3 is 0 Å². The van der Waals surface area contributed by atoms with Gasteiger partial charge in [-0.15, -0.1) is 11.3 Å². The quantitative estimate of drug-likeness (QED) is 0.353. The number of benzene rings is 3. The normalized spacial score (nSPS) is 11.1. The summed E-state index contributed by atoms with van der Waals surface area (Å²) in [5, 5.41) is 2.08. The van der Waals surface area contributed by atoms with Crippen LogP contribution >= 0.6 is 11.3 Å². The molecule has 0 N–H and O–H groups in total. The Morgan fingerprint density at radius 2 is 1.33 bits per heavy atom. The Morgan fingerprint density at radius 3 is 2.00 bits per heavy atom. The van der Waals surface area contributed by atoms with Crippen LogP contribution in [0.15, 0.2) is 90.3 Å². The predicted octanol–water partition coefficient (Wildman–Crippen LogP) is 6.54. The van der Waals surface area contributed by atoms with Crippen molar-refractivity contribution in [3.63, 3.8) is 0 Å². The molecule has 5 aromatic rings. The molecule has 130 valence electrons. The van der Waals surface area contributed by atoms with Gasteiger partial charge in [-0.1, -0.05) is 60.7 Å². The monoisotopic (exact) mass is 370 g/mol. The minimum absolute atomic E-state index is 0.232. The fourth-order valence-corrected chi connectivity index (χ4v) is 4.24. The molecule has 0 radical (unpaired) electrons. The fraction of sp³-hybridized carbons (Fsp3) is 0. The topological polar surface area (TPSA) is 17.3 Å². The van der Waals surface area contributed by atoms with E-state index in [1.807, 2.05) is 48.5 Å². The molecule has 0 fully saturated rings. The van der Waals surface area contributed by atoms with Crippen LogP contribution in [0.3, 0.4) is 0 Å². The fourth-order valence-electron chi connectivity index (χ4n) is 3.34. The van der Waals surface area contributed by atoms with E-state index in [9.17, 15) is 4.39 Å². The minimum atomic E-state index is -0.232. The molecule has 2 aromatic heterocycles. The van der Waals surface area contributed by atoms with Crippen LogP contribution in [0.2, 0.25) is 0 Å². The molecule has 2 nitrogen and oxygen atoms in total. The smallest absolute Gasteiger partial charge is 0.195 e. The lowest BCUT2D eigenvalue weighted by molar-refractivity contribution is 0.628. The van der Waals surface area contributed by atoms with Crippen LogP contribution in [0.1, 0.15) is 0 Å². The van der Waals surface area contributed by atoms with Crippen LogP contribution in [0, 0.1) is 5.82 Å². The van der Waals surface area contributed by atoms with Crippen molar-refractivity contribution in [3.05, 3.63) is 96.1 Å². The van der Waals surface area contributed by atoms with Crippen molar-refractivity contribution in [3.8, 4) is 33.8 Å². The average molecular weight is 370 g/mol. The van der Waals surface area contributed by atoms with Crippen LogP contribution in [-0.4, -0.2) is 9.38 Å². The highest BCUT2D eigenvalue weighted by molar-refractivity contribution is 7.15. The highest BCUT2D eigenvalue weighted by Gasteiger charge is 2.20. The van der Waals surface area contributed by atoms with Gasteiger partial charge in [0.2, 0.25) is 0 Å². The number of hydrogen-bond donors (Lipinski definition) is 0. The van der Waals surface area contributed by atoms with Crippen LogP contribution in [0.5, 0.6) is 0 Å². The van der Waals surface area contributed by atoms with Gasteiger partial charge in [0.15, 0.2) is 4.96 Å². The van der Waals surface area contributed by atoms with E-state index in [4.69, 9.17) is 4.98 Å². The molecule has 5 rings (SSSR count). The molecule has 27 heavy (non-hydrogen) atoms. The first-order valence-corrected chi connectivity index (χ1v) is 9.56. The molecule has 0 unspecified atom stereocenters. The summed E-state index contributed by atoms with van der Waals surface area (Å²) in [5.74, 6) is -0.232. The zero-order chi connectivity index (χ0) is 18.2. The first kappa shape index (κ1) is 16.0. The highest BCUT2D eigenvalue weighted by Crippen LogP contribution is 2.38. The first-order chi connectivity index (χ1) is 13.3.